The Morgan fingerprint density at radius 3 is 2.09 bits per heavy atom. The van der Waals surface area contributed by atoms with Crippen LogP contribution >= 0.6 is 46.4 Å². The molecule has 0 spiro atoms. The number of hydrogen-bond donors (Lipinski definition) is 3. The van der Waals surface area contributed by atoms with E-state index in [4.69, 9.17) is 51.1 Å². The minimum atomic E-state index is -4.63. The maximum atomic E-state index is 12.4. The van der Waals surface area contributed by atoms with E-state index in [0.29, 0.717) is 10.7 Å². The van der Waals surface area contributed by atoms with Gasteiger partial charge in [-0.2, -0.15) is 8.42 Å². The molecule has 0 saturated carbocycles. The van der Waals surface area contributed by atoms with E-state index in [1.54, 1.807) is 6.07 Å². The number of carbonyl (C=O) groups excluding carboxylic acids is 1. The summed E-state index contributed by atoms with van der Waals surface area (Å²) in [6.07, 6.45) is 0. The van der Waals surface area contributed by atoms with Gasteiger partial charge < -0.3 is 16.8 Å². The Kier molecular flexibility index (Phi) is 9.54. The number of ether oxygens (including phenoxy) is 1. The van der Waals surface area contributed by atoms with Crippen LogP contribution in [0.25, 0.3) is 0 Å². The van der Waals surface area contributed by atoms with Crippen LogP contribution in [0, 0.1) is 0 Å². The van der Waals surface area contributed by atoms with Crippen molar-refractivity contribution in [1.82, 2.24) is 0 Å². The number of nitrogens with one attached hydrogen (secondary N) is 2. The number of rotatable bonds is 5. The van der Waals surface area contributed by atoms with Crippen molar-refractivity contribution >= 4 is 73.9 Å². The second-order valence-corrected chi connectivity index (χ2v) is 9.09. The van der Waals surface area contributed by atoms with Crippen molar-refractivity contribution in [2.45, 2.75) is 4.90 Å². The van der Waals surface area contributed by atoms with Gasteiger partial charge in [-0.3, -0.25) is 4.55 Å². The van der Waals surface area contributed by atoms with Crippen LogP contribution in [0.1, 0.15) is 1.43 Å². The van der Waals surface area contributed by atoms with Crippen LogP contribution in [-0.2, 0) is 10.1 Å². The van der Waals surface area contributed by atoms with Crippen molar-refractivity contribution in [3.63, 3.8) is 0 Å². The molecule has 3 aromatic rings. The van der Waals surface area contributed by atoms with E-state index < -0.39 is 21.0 Å². The predicted octanol–water partition coefficient (Wildman–Crippen LogP) is 4.10. The Balaban J connectivity index is 0.00000272. The fourth-order valence-corrected chi connectivity index (χ4v) is 3.78. The first kappa shape index (κ1) is 27.0. The number of halogens is 4. The summed E-state index contributed by atoms with van der Waals surface area (Å²) in [6, 6.07) is 11.8. The molecule has 3 N–H and O–H groups in total. The molecule has 7 nitrogen and oxygen atoms in total. The molecule has 13 heteroatoms. The molecule has 0 aliphatic heterocycles. The third-order valence-corrected chi connectivity index (χ3v) is 5.85. The zero-order valence-corrected chi connectivity index (χ0v) is 22.0. The molecule has 3 rings (SSSR count). The van der Waals surface area contributed by atoms with Gasteiger partial charge in [0, 0.05) is 15.7 Å². The molecule has 164 valence electrons. The zero-order valence-electron chi connectivity index (χ0n) is 17.2. The molecule has 0 heterocycles. The van der Waals surface area contributed by atoms with Crippen LogP contribution in [-0.4, -0.2) is 19.0 Å². The topological polar surface area (TPSA) is 105 Å². The van der Waals surface area contributed by atoms with Crippen molar-refractivity contribution in [2.75, 3.05) is 10.6 Å². The maximum Gasteiger partial charge on any atom is 1.00 e. The van der Waals surface area contributed by atoms with Gasteiger partial charge in [0.15, 0.2) is 5.75 Å². The van der Waals surface area contributed by atoms with Crippen molar-refractivity contribution in [2.24, 2.45) is 0 Å². The number of amides is 2. The fourth-order valence-electron chi connectivity index (χ4n) is 2.43. The molecule has 0 unspecified atom stereocenters. The van der Waals surface area contributed by atoms with E-state index in [1.807, 2.05) is 0 Å². The molecule has 0 bridgehead atoms. The molecule has 0 aliphatic carbocycles. The molecule has 3 aromatic carbocycles. The van der Waals surface area contributed by atoms with Gasteiger partial charge in [0.1, 0.15) is 10.6 Å². The van der Waals surface area contributed by atoms with Gasteiger partial charge in [0.05, 0.1) is 15.7 Å². The Labute approximate surface area is 227 Å². The van der Waals surface area contributed by atoms with Gasteiger partial charge in [0.2, 0.25) is 0 Å². The van der Waals surface area contributed by atoms with Gasteiger partial charge in [-0.1, -0.05) is 46.4 Å². The molecule has 32 heavy (non-hydrogen) atoms. The quantitative estimate of drug-likeness (QED) is 0.331. The average Bonchev–Trinajstić information content (AvgIpc) is 2.67. The fraction of sp³-hybridized carbons (Fsp3) is 0. The predicted molar refractivity (Wildman–Crippen MR) is 123 cm³/mol. The summed E-state index contributed by atoms with van der Waals surface area (Å²) >= 11 is 23.6. The molecule has 0 atom stereocenters. The minimum absolute atomic E-state index is 0. The molecule has 0 radical (unpaired) electrons. The van der Waals surface area contributed by atoms with Crippen molar-refractivity contribution in [3.05, 3.63) is 74.7 Å². The number of carbonyl (C=O) groups is 1. The maximum absolute atomic E-state index is 12.4. The smallest absolute Gasteiger partial charge is 1.00 e. The molecule has 0 fully saturated rings. The Morgan fingerprint density at radius 2 is 1.47 bits per heavy atom. The van der Waals surface area contributed by atoms with Crippen molar-refractivity contribution in [1.29, 1.82) is 0 Å². The standard InChI is InChI=1S/C19H12Cl4N2O5S.Na.H/c20-10-1-5-16(30-17-6-2-11(21)8-18(17)31(27,28)29)15(7-10)25-19(26)24-12-3-4-13(22)14(23)9-12;;/h1-9H,(H2,24,25,26)(H,27,28,29);;/q;+1;-1. The van der Waals surface area contributed by atoms with Crippen LogP contribution in [0.2, 0.25) is 20.1 Å². The van der Waals surface area contributed by atoms with E-state index in [0.717, 1.165) is 6.07 Å². The number of urea groups is 1. The molecule has 0 aromatic heterocycles. The molecular formula is C19H13Cl4N2NaO5S. The van der Waals surface area contributed by atoms with E-state index >= 15 is 0 Å². The van der Waals surface area contributed by atoms with Crippen LogP contribution in [0.4, 0.5) is 16.2 Å². The summed E-state index contributed by atoms with van der Waals surface area (Å²) in [4.78, 5) is 11.9. The van der Waals surface area contributed by atoms with Gasteiger partial charge in [-0.15, -0.1) is 0 Å². The van der Waals surface area contributed by atoms with Crippen LogP contribution < -0.4 is 44.9 Å². The average molecular weight is 546 g/mol. The van der Waals surface area contributed by atoms with E-state index in [2.05, 4.69) is 10.6 Å². The second-order valence-electron chi connectivity index (χ2n) is 6.02. The van der Waals surface area contributed by atoms with Gasteiger partial charge in [0.25, 0.3) is 10.1 Å². The van der Waals surface area contributed by atoms with E-state index in [9.17, 15) is 17.8 Å². The Hall–Kier alpha value is -1.20. The second kappa shape index (κ2) is 11.3. The zero-order chi connectivity index (χ0) is 22.8. The van der Waals surface area contributed by atoms with Crippen LogP contribution in [0.5, 0.6) is 11.5 Å². The molecule has 2 amide bonds. The summed E-state index contributed by atoms with van der Waals surface area (Å²) in [5, 5.41) is 6.06. The number of anilines is 2. The Morgan fingerprint density at radius 1 is 0.844 bits per heavy atom. The SMILES string of the molecule is O=C(Nc1ccc(Cl)c(Cl)c1)Nc1cc(Cl)ccc1Oc1ccc(Cl)cc1S(=O)(=O)O.[H-].[Na+]. The number of hydrogen-bond acceptors (Lipinski definition) is 4. The van der Waals surface area contributed by atoms with Crippen LogP contribution in [0.3, 0.4) is 0 Å². The molecule has 0 aliphatic rings. The van der Waals surface area contributed by atoms with E-state index in [1.165, 1.54) is 42.5 Å². The van der Waals surface area contributed by atoms with Crippen molar-refractivity contribution in [3.8, 4) is 11.5 Å². The summed E-state index contributed by atoms with van der Waals surface area (Å²) in [7, 11) is -4.63. The minimum Gasteiger partial charge on any atom is -1.00 e. The van der Waals surface area contributed by atoms with Crippen LogP contribution in [0.15, 0.2) is 59.5 Å². The molecular weight excluding hydrogens is 533 g/mol. The molecule has 0 saturated heterocycles. The first-order valence-corrected chi connectivity index (χ1v) is 11.3. The normalized spacial score (nSPS) is 10.8. The largest absolute Gasteiger partial charge is 1.00 e. The third kappa shape index (κ3) is 7.15. The number of benzene rings is 3. The van der Waals surface area contributed by atoms with Crippen molar-refractivity contribution < 1.29 is 53.5 Å². The monoisotopic (exact) mass is 544 g/mol. The first-order valence-electron chi connectivity index (χ1n) is 8.30. The summed E-state index contributed by atoms with van der Waals surface area (Å²) < 4.78 is 38.4. The summed E-state index contributed by atoms with van der Waals surface area (Å²) in [5.74, 6) is -0.150. The first-order chi connectivity index (χ1) is 14.5. The summed E-state index contributed by atoms with van der Waals surface area (Å²) in [5.41, 5.74) is 0.504. The van der Waals surface area contributed by atoms with Gasteiger partial charge in [-0.25, -0.2) is 4.79 Å². The summed E-state index contributed by atoms with van der Waals surface area (Å²) in [6.45, 7) is 0. The third-order valence-electron chi connectivity index (χ3n) is 3.77. The van der Waals surface area contributed by atoms with Gasteiger partial charge >= 0.3 is 35.6 Å². The Bertz CT molecular complexity index is 1280. The van der Waals surface area contributed by atoms with E-state index in [-0.39, 0.29) is 63.2 Å². The van der Waals surface area contributed by atoms with Gasteiger partial charge in [-0.05, 0) is 54.6 Å².